The molecular formula is C8H9N3O3. The third kappa shape index (κ3) is 1.73. The highest BCUT2D eigenvalue weighted by Gasteiger charge is 2.22. The number of nitrogens with one attached hydrogen (secondary N) is 2. The monoisotopic (exact) mass is 195 g/mol. The van der Waals surface area contributed by atoms with Crippen LogP contribution < -0.4 is 10.9 Å². The number of hydrogen-bond donors (Lipinski definition) is 3. The molecule has 0 spiro atoms. The van der Waals surface area contributed by atoms with Crippen LogP contribution in [0, 0.1) is 0 Å². The van der Waals surface area contributed by atoms with Crippen molar-refractivity contribution >= 4 is 11.9 Å². The average Bonchev–Trinajstić information content (AvgIpc) is 2.87. The Kier molecular flexibility index (Phi) is 1.95. The number of anilines is 1. The Balaban J connectivity index is 2.25. The second kappa shape index (κ2) is 3.13. The van der Waals surface area contributed by atoms with Gasteiger partial charge in [-0.2, -0.15) is 0 Å². The molecule has 1 heterocycles. The molecule has 74 valence electrons. The first kappa shape index (κ1) is 8.74. The smallest absolute Gasteiger partial charge is 0.342 e. The molecule has 0 atom stereocenters. The Bertz CT molecular complexity index is 422. The predicted molar refractivity (Wildman–Crippen MR) is 48.5 cm³/mol. The van der Waals surface area contributed by atoms with E-state index in [1.807, 2.05) is 0 Å². The summed E-state index contributed by atoms with van der Waals surface area (Å²) >= 11 is 0. The number of rotatable bonds is 3. The van der Waals surface area contributed by atoms with E-state index < -0.39 is 11.5 Å². The summed E-state index contributed by atoms with van der Waals surface area (Å²) in [6.45, 7) is 0. The quantitative estimate of drug-likeness (QED) is 0.633. The summed E-state index contributed by atoms with van der Waals surface area (Å²) in [4.78, 5) is 27.8. The van der Waals surface area contributed by atoms with Crippen molar-refractivity contribution in [3.8, 4) is 0 Å². The molecule has 1 aliphatic carbocycles. The molecule has 6 heteroatoms. The van der Waals surface area contributed by atoms with E-state index in [0.717, 1.165) is 19.0 Å². The highest BCUT2D eigenvalue weighted by atomic mass is 16.4. The van der Waals surface area contributed by atoms with Gasteiger partial charge in [0, 0.05) is 6.04 Å². The van der Waals surface area contributed by atoms with Crippen LogP contribution in [-0.2, 0) is 0 Å². The number of carbonyl (C=O) groups is 1. The summed E-state index contributed by atoms with van der Waals surface area (Å²) in [6.07, 6.45) is 3.18. The van der Waals surface area contributed by atoms with Crippen LogP contribution in [-0.4, -0.2) is 27.1 Å². The Morgan fingerprint density at radius 1 is 1.64 bits per heavy atom. The second-order valence-corrected chi connectivity index (χ2v) is 3.20. The van der Waals surface area contributed by atoms with Crippen molar-refractivity contribution < 1.29 is 9.90 Å². The van der Waals surface area contributed by atoms with Gasteiger partial charge in [-0.25, -0.2) is 9.78 Å². The standard InChI is InChI=1S/C8H9N3O3/c12-6-5(7(13)14)3-9-8(11-6)10-4-1-2-4/h3-4H,1-2H2,(H,13,14)(H2,9,10,11,12). The molecule has 0 bridgehead atoms. The Morgan fingerprint density at radius 2 is 2.36 bits per heavy atom. The van der Waals surface area contributed by atoms with E-state index in [1.54, 1.807) is 0 Å². The number of aromatic amines is 1. The van der Waals surface area contributed by atoms with Crippen LogP contribution in [0.4, 0.5) is 5.95 Å². The molecule has 0 amide bonds. The van der Waals surface area contributed by atoms with Crippen LogP contribution in [0.1, 0.15) is 23.2 Å². The van der Waals surface area contributed by atoms with E-state index in [2.05, 4.69) is 15.3 Å². The van der Waals surface area contributed by atoms with Crippen molar-refractivity contribution in [2.24, 2.45) is 0 Å². The molecular weight excluding hydrogens is 186 g/mol. The molecule has 1 saturated carbocycles. The lowest BCUT2D eigenvalue weighted by atomic mass is 10.3. The third-order valence-corrected chi connectivity index (χ3v) is 1.95. The Morgan fingerprint density at radius 3 is 2.86 bits per heavy atom. The molecule has 1 aromatic heterocycles. The molecule has 1 fully saturated rings. The normalized spacial score (nSPS) is 15.1. The largest absolute Gasteiger partial charge is 0.477 e. The fourth-order valence-corrected chi connectivity index (χ4v) is 1.04. The zero-order valence-corrected chi connectivity index (χ0v) is 7.28. The van der Waals surface area contributed by atoms with Crippen LogP contribution >= 0.6 is 0 Å². The molecule has 3 N–H and O–H groups in total. The molecule has 0 aromatic carbocycles. The fraction of sp³-hybridized carbons (Fsp3) is 0.375. The van der Waals surface area contributed by atoms with Gasteiger partial charge in [0.05, 0.1) is 6.20 Å². The van der Waals surface area contributed by atoms with Crippen molar-refractivity contribution in [2.75, 3.05) is 5.32 Å². The van der Waals surface area contributed by atoms with Gasteiger partial charge in [-0.3, -0.25) is 9.78 Å². The lowest BCUT2D eigenvalue weighted by Crippen LogP contribution is -2.20. The van der Waals surface area contributed by atoms with Gasteiger partial charge in [0.2, 0.25) is 5.95 Å². The van der Waals surface area contributed by atoms with Gasteiger partial charge >= 0.3 is 5.97 Å². The topological polar surface area (TPSA) is 95.1 Å². The number of aromatic carboxylic acids is 1. The SMILES string of the molecule is O=C(O)c1cnc(NC2CC2)[nH]c1=O. The number of H-pyrrole nitrogens is 1. The summed E-state index contributed by atoms with van der Waals surface area (Å²) in [5.74, 6) is -0.931. The van der Waals surface area contributed by atoms with E-state index in [4.69, 9.17) is 5.11 Å². The maximum absolute atomic E-state index is 11.2. The van der Waals surface area contributed by atoms with Crippen molar-refractivity contribution in [1.82, 2.24) is 9.97 Å². The minimum absolute atomic E-state index is 0.336. The van der Waals surface area contributed by atoms with Gasteiger partial charge in [-0.15, -0.1) is 0 Å². The average molecular weight is 195 g/mol. The summed E-state index contributed by atoms with van der Waals surface area (Å²) in [7, 11) is 0. The first-order valence-electron chi connectivity index (χ1n) is 4.26. The summed E-state index contributed by atoms with van der Waals surface area (Å²) in [6, 6.07) is 0.369. The van der Waals surface area contributed by atoms with E-state index in [1.165, 1.54) is 0 Å². The van der Waals surface area contributed by atoms with Gasteiger partial charge in [-0.05, 0) is 12.8 Å². The van der Waals surface area contributed by atoms with E-state index in [0.29, 0.717) is 12.0 Å². The molecule has 0 radical (unpaired) electrons. The molecule has 1 aromatic rings. The molecule has 14 heavy (non-hydrogen) atoms. The van der Waals surface area contributed by atoms with Crippen LogP contribution in [0.3, 0.4) is 0 Å². The Hall–Kier alpha value is -1.85. The third-order valence-electron chi connectivity index (χ3n) is 1.95. The van der Waals surface area contributed by atoms with Gasteiger partial charge in [0.1, 0.15) is 5.56 Å². The predicted octanol–water partition coefficient (Wildman–Crippen LogP) is 0.0424. The molecule has 0 unspecified atom stereocenters. The number of nitrogens with zero attached hydrogens (tertiary/aromatic N) is 1. The second-order valence-electron chi connectivity index (χ2n) is 3.20. The Labute approximate surface area is 79.0 Å². The van der Waals surface area contributed by atoms with Crippen molar-refractivity contribution in [1.29, 1.82) is 0 Å². The highest BCUT2D eigenvalue weighted by Crippen LogP contribution is 2.22. The fourth-order valence-electron chi connectivity index (χ4n) is 1.04. The molecule has 1 aliphatic rings. The van der Waals surface area contributed by atoms with E-state index >= 15 is 0 Å². The minimum Gasteiger partial charge on any atom is -0.477 e. The minimum atomic E-state index is -1.27. The van der Waals surface area contributed by atoms with Crippen molar-refractivity contribution in [3.63, 3.8) is 0 Å². The molecule has 0 saturated heterocycles. The number of carboxylic acids is 1. The van der Waals surface area contributed by atoms with Gasteiger partial charge in [0.15, 0.2) is 0 Å². The zero-order valence-electron chi connectivity index (χ0n) is 7.28. The first-order chi connectivity index (χ1) is 6.66. The molecule has 0 aliphatic heterocycles. The van der Waals surface area contributed by atoms with Gasteiger partial charge in [-0.1, -0.05) is 0 Å². The first-order valence-corrected chi connectivity index (χ1v) is 4.26. The van der Waals surface area contributed by atoms with Crippen LogP contribution in [0.25, 0.3) is 0 Å². The number of hydrogen-bond acceptors (Lipinski definition) is 4. The van der Waals surface area contributed by atoms with Crippen molar-refractivity contribution in [3.05, 3.63) is 22.1 Å². The number of aromatic nitrogens is 2. The maximum atomic E-state index is 11.2. The highest BCUT2D eigenvalue weighted by molar-refractivity contribution is 5.86. The maximum Gasteiger partial charge on any atom is 0.342 e. The van der Waals surface area contributed by atoms with Gasteiger partial charge < -0.3 is 10.4 Å². The summed E-state index contributed by atoms with van der Waals surface area (Å²) in [5.41, 5.74) is -0.970. The number of carboxylic acid groups (broad SMARTS) is 1. The lowest BCUT2D eigenvalue weighted by Gasteiger charge is -2.01. The molecule has 6 nitrogen and oxygen atoms in total. The van der Waals surface area contributed by atoms with E-state index in [-0.39, 0.29) is 5.56 Å². The van der Waals surface area contributed by atoms with Gasteiger partial charge in [0.25, 0.3) is 5.56 Å². The van der Waals surface area contributed by atoms with Crippen LogP contribution in [0.2, 0.25) is 0 Å². The molecule has 2 rings (SSSR count). The summed E-state index contributed by atoms with van der Waals surface area (Å²) < 4.78 is 0. The van der Waals surface area contributed by atoms with Crippen LogP contribution in [0.5, 0.6) is 0 Å². The summed E-state index contributed by atoms with van der Waals surface area (Å²) in [5, 5.41) is 11.5. The zero-order chi connectivity index (χ0) is 10.1. The van der Waals surface area contributed by atoms with Crippen molar-refractivity contribution in [2.45, 2.75) is 18.9 Å². The lowest BCUT2D eigenvalue weighted by molar-refractivity contribution is 0.0694. The van der Waals surface area contributed by atoms with Crippen LogP contribution in [0.15, 0.2) is 11.0 Å². The van der Waals surface area contributed by atoms with E-state index in [9.17, 15) is 9.59 Å².